The topological polar surface area (TPSA) is 26.0 Å². The van der Waals surface area contributed by atoms with Crippen molar-refractivity contribution in [2.45, 2.75) is 32.0 Å². The van der Waals surface area contributed by atoms with E-state index >= 15 is 0 Å². The molecule has 1 rings (SSSR count). The normalized spacial score (nSPS) is 13.9. The summed E-state index contributed by atoms with van der Waals surface area (Å²) in [6.07, 6.45) is -4.31. The van der Waals surface area contributed by atoms with Crippen molar-refractivity contribution in [2.24, 2.45) is 5.73 Å². The highest BCUT2D eigenvalue weighted by Crippen LogP contribution is 2.27. The number of hydrogen-bond acceptors (Lipinski definition) is 1. The van der Waals surface area contributed by atoms with Crippen molar-refractivity contribution in [1.29, 1.82) is 0 Å². The summed E-state index contributed by atoms with van der Waals surface area (Å²) in [5.41, 5.74) is 7.08. The summed E-state index contributed by atoms with van der Waals surface area (Å²) in [7, 11) is 0. The molecule has 0 amide bonds. The fourth-order valence-corrected chi connectivity index (χ4v) is 1.37. The van der Waals surface area contributed by atoms with Crippen LogP contribution in [0.5, 0.6) is 0 Å². The number of halogens is 3. The van der Waals surface area contributed by atoms with Crippen molar-refractivity contribution >= 4 is 0 Å². The number of rotatable bonds is 3. The van der Waals surface area contributed by atoms with Crippen molar-refractivity contribution in [3.8, 4) is 0 Å². The molecule has 1 unspecified atom stereocenters. The average Bonchev–Trinajstić information content (AvgIpc) is 2.15. The van der Waals surface area contributed by atoms with E-state index in [-0.39, 0.29) is 0 Å². The van der Waals surface area contributed by atoms with Crippen LogP contribution in [0.3, 0.4) is 0 Å². The number of nitrogens with two attached hydrogens (primary N) is 1. The molecule has 0 heterocycles. The number of alkyl halides is 3. The van der Waals surface area contributed by atoms with Gasteiger partial charge in [-0.1, -0.05) is 31.2 Å². The lowest BCUT2D eigenvalue weighted by Crippen LogP contribution is -2.20. The Hall–Kier alpha value is -1.03. The fourth-order valence-electron chi connectivity index (χ4n) is 1.37. The van der Waals surface area contributed by atoms with Gasteiger partial charge in [0.2, 0.25) is 0 Å². The van der Waals surface area contributed by atoms with Gasteiger partial charge in [0.1, 0.15) is 0 Å². The van der Waals surface area contributed by atoms with E-state index < -0.39 is 18.6 Å². The van der Waals surface area contributed by atoms with Gasteiger partial charge in [0.05, 0.1) is 6.42 Å². The molecule has 2 N–H and O–H groups in total. The van der Waals surface area contributed by atoms with Gasteiger partial charge in [0, 0.05) is 6.04 Å². The first kappa shape index (κ1) is 12.0. The highest BCUT2D eigenvalue weighted by atomic mass is 19.4. The quantitative estimate of drug-likeness (QED) is 0.826. The van der Waals surface area contributed by atoms with E-state index in [1.807, 2.05) is 19.1 Å². The zero-order valence-electron chi connectivity index (χ0n) is 8.51. The number of benzene rings is 1. The van der Waals surface area contributed by atoms with E-state index in [9.17, 15) is 13.2 Å². The van der Waals surface area contributed by atoms with Crippen LogP contribution in [0.1, 0.15) is 30.5 Å². The maximum absolute atomic E-state index is 12.1. The Bertz CT molecular complexity index is 303. The lowest BCUT2D eigenvalue weighted by Gasteiger charge is -2.14. The molecule has 0 saturated carbocycles. The maximum Gasteiger partial charge on any atom is 0.390 e. The number of aryl methyl sites for hydroxylation is 1. The Morgan fingerprint density at radius 1 is 1.20 bits per heavy atom. The molecule has 0 aliphatic heterocycles. The molecule has 0 spiro atoms. The second kappa shape index (κ2) is 4.66. The largest absolute Gasteiger partial charge is 0.390 e. The first-order valence-electron chi connectivity index (χ1n) is 4.83. The van der Waals surface area contributed by atoms with Crippen LogP contribution >= 0.6 is 0 Å². The van der Waals surface area contributed by atoms with Crippen LogP contribution in [-0.2, 0) is 6.42 Å². The van der Waals surface area contributed by atoms with E-state index in [0.717, 1.165) is 12.0 Å². The van der Waals surface area contributed by atoms with Crippen molar-refractivity contribution < 1.29 is 13.2 Å². The van der Waals surface area contributed by atoms with Gasteiger partial charge in [0.15, 0.2) is 0 Å². The van der Waals surface area contributed by atoms with Crippen molar-refractivity contribution in [1.82, 2.24) is 0 Å². The Labute approximate surface area is 87.1 Å². The highest BCUT2D eigenvalue weighted by molar-refractivity contribution is 5.24. The van der Waals surface area contributed by atoms with E-state index in [1.165, 1.54) is 0 Å². The minimum absolute atomic E-state index is 0.532. The predicted molar refractivity (Wildman–Crippen MR) is 53.4 cm³/mol. The molecule has 1 aromatic carbocycles. The summed E-state index contributed by atoms with van der Waals surface area (Å²) >= 11 is 0. The standard InChI is InChI=1S/C11H14F3N/c1-2-8-3-5-9(6-4-8)10(15)7-11(12,13)14/h3-6,10H,2,7,15H2,1H3. The summed E-state index contributed by atoms with van der Waals surface area (Å²) in [5, 5.41) is 0. The molecule has 15 heavy (non-hydrogen) atoms. The van der Waals surface area contributed by atoms with Gasteiger partial charge < -0.3 is 5.73 Å². The Morgan fingerprint density at radius 3 is 2.13 bits per heavy atom. The minimum Gasteiger partial charge on any atom is -0.324 e. The molecule has 0 aromatic heterocycles. The zero-order chi connectivity index (χ0) is 11.5. The summed E-state index contributed by atoms with van der Waals surface area (Å²) in [5.74, 6) is 0. The first-order valence-corrected chi connectivity index (χ1v) is 4.83. The average molecular weight is 217 g/mol. The van der Waals surface area contributed by atoms with Crippen LogP contribution in [0.25, 0.3) is 0 Å². The van der Waals surface area contributed by atoms with E-state index in [4.69, 9.17) is 5.73 Å². The van der Waals surface area contributed by atoms with Crippen LogP contribution in [0, 0.1) is 0 Å². The molecule has 0 saturated heterocycles. The Morgan fingerprint density at radius 2 is 1.73 bits per heavy atom. The molecule has 0 aliphatic rings. The van der Waals surface area contributed by atoms with Crippen LogP contribution in [-0.4, -0.2) is 6.18 Å². The highest BCUT2D eigenvalue weighted by Gasteiger charge is 2.30. The van der Waals surface area contributed by atoms with Crippen molar-refractivity contribution in [3.63, 3.8) is 0 Å². The van der Waals surface area contributed by atoms with Crippen LogP contribution < -0.4 is 5.73 Å². The first-order chi connectivity index (χ1) is 6.92. The Kier molecular flexibility index (Phi) is 3.74. The summed E-state index contributed by atoms with van der Waals surface area (Å²) in [6.45, 7) is 1.99. The maximum atomic E-state index is 12.1. The fraction of sp³-hybridized carbons (Fsp3) is 0.455. The van der Waals surface area contributed by atoms with Gasteiger partial charge >= 0.3 is 6.18 Å². The molecule has 84 valence electrons. The number of hydrogen-bond donors (Lipinski definition) is 1. The monoisotopic (exact) mass is 217 g/mol. The van der Waals surface area contributed by atoms with E-state index in [2.05, 4.69) is 0 Å². The van der Waals surface area contributed by atoms with E-state index in [0.29, 0.717) is 5.56 Å². The second-order valence-corrected chi connectivity index (χ2v) is 3.52. The van der Waals surface area contributed by atoms with Crippen molar-refractivity contribution in [3.05, 3.63) is 35.4 Å². The molecule has 0 aliphatic carbocycles. The third-order valence-corrected chi connectivity index (χ3v) is 2.27. The molecule has 1 atom stereocenters. The molecule has 4 heteroatoms. The lowest BCUT2D eigenvalue weighted by atomic mass is 10.0. The molecule has 1 nitrogen and oxygen atoms in total. The molecular formula is C11H14F3N. The van der Waals surface area contributed by atoms with Crippen molar-refractivity contribution in [2.75, 3.05) is 0 Å². The summed E-state index contributed by atoms with van der Waals surface area (Å²) in [6, 6.07) is 5.98. The molecular weight excluding hydrogens is 203 g/mol. The Balaban J connectivity index is 2.70. The second-order valence-electron chi connectivity index (χ2n) is 3.52. The minimum atomic E-state index is -4.21. The summed E-state index contributed by atoms with van der Waals surface area (Å²) in [4.78, 5) is 0. The molecule has 0 fully saturated rings. The molecule has 0 bridgehead atoms. The molecule has 0 radical (unpaired) electrons. The third kappa shape index (κ3) is 3.91. The third-order valence-electron chi connectivity index (χ3n) is 2.27. The van der Waals surface area contributed by atoms with Crippen LogP contribution in [0.4, 0.5) is 13.2 Å². The van der Waals surface area contributed by atoms with Gasteiger partial charge in [-0.15, -0.1) is 0 Å². The van der Waals surface area contributed by atoms with Gasteiger partial charge in [-0.2, -0.15) is 13.2 Å². The lowest BCUT2D eigenvalue weighted by molar-refractivity contribution is -0.138. The van der Waals surface area contributed by atoms with Gasteiger partial charge in [-0.3, -0.25) is 0 Å². The zero-order valence-corrected chi connectivity index (χ0v) is 8.51. The predicted octanol–water partition coefficient (Wildman–Crippen LogP) is 3.20. The molecule has 1 aromatic rings. The van der Waals surface area contributed by atoms with Gasteiger partial charge in [0.25, 0.3) is 0 Å². The van der Waals surface area contributed by atoms with E-state index in [1.54, 1.807) is 12.1 Å². The van der Waals surface area contributed by atoms with Crippen LogP contribution in [0.2, 0.25) is 0 Å². The van der Waals surface area contributed by atoms with Crippen LogP contribution in [0.15, 0.2) is 24.3 Å². The smallest absolute Gasteiger partial charge is 0.324 e. The van der Waals surface area contributed by atoms with Gasteiger partial charge in [-0.25, -0.2) is 0 Å². The SMILES string of the molecule is CCc1ccc(C(N)CC(F)(F)F)cc1. The van der Waals surface area contributed by atoms with Gasteiger partial charge in [-0.05, 0) is 17.5 Å². The summed E-state index contributed by atoms with van der Waals surface area (Å²) < 4.78 is 36.2.